The van der Waals surface area contributed by atoms with Gasteiger partial charge in [0.05, 0.1) is 19.3 Å². The van der Waals surface area contributed by atoms with E-state index in [9.17, 15) is 0 Å². The van der Waals surface area contributed by atoms with Gasteiger partial charge in [0.25, 0.3) is 0 Å². The Morgan fingerprint density at radius 2 is 2.06 bits per heavy atom. The number of hydrogen-bond donors (Lipinski definition) is 1. The van der Waals surface area contributed by atoms with Gasteiger partial charge in [0, 0.05) is 25.5 Å². The van der Waals surface area contributed by atoms with E-state index in [0.29, 0.717) is 19.1 Å². The second-order valence-corrected chi connectivity index (χ2v) is 5.64. The van der Waals surface area contributed by atoms with E-state index in [0.717, 1.165) is 12.1 Å². The van der Waals surface area contributed by atoms with Gasteiger partial charge in [0.1, 0.15) is 0 Å². The summed E-state index contributed by atoms with van der Waals surface area (Å²) in [5.74, 6) is 0.713. The van der Waals surface area contributed by atoms with Crippen LogP contribution in [0.3, 0.4) is 0 Å². The fraction of sp³-hybridized carbons (Fsp3) is 0.692. The third-order valence-corrected chi connectivity index (χ3v) is 3.13. The normalized spacial score (nSPS) is 21.1. The van der Waals surface area contributed by atoms with Crippen molar-refractivity contribution in [1.82, 2.24) is 9.97 Å². The third kappa shape index (κ3) is 2.97. The van der Waals surface area contributed by atoms with Gasteiger partial charge in [-0.3, -0.25) is 0 Å². The van der Waals surface area contributed by atoms with Crippen LogP contribution < -0.4 is 4.90 Å². The van der Waals surface area contributed by atoms with Crippen molar-refractivity contribution in [2.45, 2.75) is 32.3 Å². The Morgan fingerprint density at radius 1 is 1.39 bits per heavy atom. The standard InChI is InChI=1S/C13H21N3O2/c1-13(2,3)10-6-14-12(15-7-10)16-4-5-18-11(8-16)9-17/h6-7,11,17H,4-5,8-9H2,1-3H3/t11-/m0/s1. The average molecular weight is 251 g/mol. The van der Waals surface area contributed by atoms with Gasteiger partial charge in [-0.05, 0) is 11.0 Å². The van der Waals surface area contributed by atoms with Crippen LogP contribution in [0.5, 0.6) is 0 Å². The molecule has 1 fully saturated rings. The monoisotopic (exact) mass is 251 g/mol. The number of ether oxygens (including phenoxy) is 1. The van der Waals surface area contributed by atoms with E-state index in [1.54, 1.807) is 0 Å². The molecule has 5 heteroatoms. The zero-order chi connectivity index (χ0) is 13.2. The van der Waals surface area contributed by atoms with Crippen molar-refractivity contribution in [3.8, 4) is 0 Å². The smallest absolute Gasteiger partial charge is 0.225 e. The second kappa shape index (κ2) is 5.20. The topological polar surface area (TPSA) is 58.5 Å². The van der Waals surface area contributed by atoms with Crippen LogP contribution in [0.4, 0.5) is 5.95 Å². The molecule has 0 spiro atoms. The molecule has 1 aliphatic heterocycles. The van der Waals surface area contributed by atoms with Gasteiger partial charge in [-0.25, -0.2) is 9.97 Å². The van der Waals surface area contributed by atoms with Crippen LogP contribution in [-0.4, -0.2) is 47.5 Å². The quantitative estimate of drug-likeness (QED) is 0.849. The number of nitrogens with zero attached hydrogens (tertiary/aromatic N) is 3. The molecule has 0 bridgehead atoms. The zero-order valence-electron chi connectivity index (χ0n) is 11.3. The molecular weight excluding hydrogens is 230 g/mol. The van der Waals surface area contributed by atoms with Crippen LogP contribution >= 0.6 is 0 Å². The molecule has 1 aromatic heterocycles. The number of aromatic nitrogens is 2. The maximum atomic E-state index is 9.11. The highest BCUT2D eigenvalue weighted by Crippen LogP contribution is 2.21. The molecule has 1 saturated heterocycles. The van der Waals surface area contributed by atoms with Crippen LogP contribution in [0.25, 0.3) is 0 Å². The molecule has 5 nitrogen and oxygen atoms in total. The van der Waals surface area contributed by atoms with Gasteiger partial charge in [0.15, 0.2) is 0 Å². The molecule has 2 heterocycles. The largest absolute Gasteiger partial charge is 0.394 e. The fourth-order valence-corrected chi connectivity index (χ4v) is 1.88. The lowest BCUT2D eigenvalue weighted by Gasteiger charge is -2.32. The highest BCUT2D eigenvalue weighted by Gasteiger charge is 2.22. The molecule has 100 valence electrons. The van der Waals surface area contributed by atoms with Gasteiger partial charge in [-0.2, -0.15) is 0 Å². The Labute approximate surface area is 108 Å². The van der Waals surface area contributed by atoms with Crippen LogP contribution in [0, 0.1) is 0 Å². The molecule has 0 radical (unpaired) electrons. The first-order valence-electron chi connectivity index (χ1n) is 6.30. The van der Waals surface area contributed by atoms with Crippen molar-refractivity contribution in [3.63, 3.8) is 0 Å². The molecule has 1 N–H and O–H groups in total. The minimum Gasteiger partial charge on any atom is -0.394 e. The second-order valence-electron chi connectivity index (χ2n) is 5.64. The lowest BCUT2D eigenvalue weighted by molar-refractivity contribution is 0.00313. The lowest BCUT2D eigenvalue weighted by Crippen LogP contribution is -2.44. The van der Waals surface area contributed by atoms with Crippen molar-refractivity contribution in [2.75, 3.05) is 31.2 Å². The van der Waals surface area contributed by atoms with E-state index >= 15 is 0 Å². The number of aliphatic hydroxyl groups excluding tert-OH is 1. The van der Waals surface area contributed by atoms with E-state index in [2.05, 4.69) is 35.6 Å². The van der Waals surface area contributed by atoms with Crippen LogP contribution in [0.15, 0.2) is 12.4 Å². The Morgan fingerprint density at radius 3 is 2.61 bits per heavy atom. The molecule has 18 heavy (non-hydrogen) atoms. The minimum atomic E-state index is -0.135. The summed E-state index contributed by atoms with van der Waals surface area (Å²) in [5.41, 5.74) is 1.19. The van der Waals surface area contributed by atoms with Gasteiger partial charge >= 0.3 is 0 Å². The van der Waals surface area contributed by atoms with Gasteiger partial charge in [-0.1, -0.05) is 20.8 Å². The van der Waals surface area contributed by atoms with E-state index < -0.39 is 0 Å². The summed E-state index contributed by atoms with van der Waals surface area (Å²) >= 11 is 0. The summed E-state index contributed by atoms with van der Waals surface area (Å²) in [6.07, 6.45) is 3.63. The highest BCUT2D eigenvalue weighted by molar-refractivity contribution is 5.32. The summed E-state index contributed by atoms with van der Waals surface area (Å²) in [7, 11) is 0. The molecule has 0 aliphatic carbocycles. The Balaban J connectivity index is 2.09. The number of aliphatic hydroxyl groups is 1. The highest BCUT2D eigenvalue weighted by atomic mass is 16.5. The van der Waals surface area contributed by atoms with E-state index in [1.807, 2.05) is 12.4 Å². The first-order valence-corrected chi connectivity index (χ1v) is 6.30. The van der Waals surface area contributed by atoms with Crippen molar-refractivity contribution in [3.05, 3.63) is 18.0 Å². The molecule has 1 aromatic rings. The average Bonchev–Trinajstić information content (AvgIpc) is 2.38. The number of anilines is 1. The number of morpholine rings is 1. The summed E-state index contributed by atoms with van der Waals surface area (Å²) in [5, 5.41) is 9.11. The molecule has 0 unspecified atom stereocenters. The molecule has 0 saturated carbocycles. The molecular formula is C13H21N3O2. The SMILES string of the molecule is CC(C)(C)c1cnc(N2CCO[C@H](CO)C2)nc1. The van der Waals surface area contributed by atoms with Gasteiger partial charge < -0.3 is 14.7 Å². The predicted octanol–water partition coefficient (Wildman–Crippen LogP) is 0.972. The number of rotatable bonds is 2. The van der Waals surface area contributed by atoms with Crippen LogP contribution in [-0.2, 0) is 10.2 Å². The van der Waals surface area contributed by atoms with E-state index in [1.165, 1.54) is 0 Å². The minimum absolute atomic E-state index is 0.0383. The zero-order valence-corrected chi connectivity index (χ0v) is 11.3. The van der Waals surface area contributed by atoms with E-state index in [4.69, 9.17) is 9.84 Å². The van der Waals surface area contributed by atoms with Crippen molar-refractivity contribution in [2.24, 2.45) is 0 Å². The first kappa shape index (κ1) is 13.2. The number of hydrogen-bond acceptors (Lipinski definition) is 5. The maximum absolute atomic E-state index is 9.11. The third-order valence-electron chi connectivity index (χ3n) is 3.13. The van der Waals surface area contributed by atoms with Crippen molar-refractivity contribution < 1.29 is 9.84 Å². The lowest BCUT2D eigenvalue weighted by atomic mass is 9.89. The first-order chi connectivity index (χ1) is 8.50. The molecule has 0 amide bonds. The predicted molar refractivity (Wildman–Crippen MR) is 69.8 cm³/mol. The van der Waals surface area contributed by atoms with E-state index in [-0.39, 0.29) is 18.1 Å². The Bertz CT molecular complexity index is 386. The van der Waals surface area contributed by atoms with Gasteiger partial charge in [0.2, 0.25) is 5.95 Å². The molecule has 1 atom stereocenters. The Hall–Kier alpha value is -1.20. The fourth-order valence-electron chi connectivity index (χ4n) is 1.88. The van der Waals surface area contributed by atoms with Crippen molar-refractivity contribution in [1.29, 1.82) is 0 Å². The maximum Gasteiger partial charge on any atom is 0.225 e. The van der Waals surface area contributed by atoms with Crippen LogP contribution in [0.1, 0.15) is 26.3 Å². The van der Waals surface area contributed by atoms with Gasteiger partial charge in [-0.15, -0.1) is 0 Å². The molecule has 0 aromatic carbocycles. The molecule has 1 aliphatic rings. The van der Waals surface area contributed by atoms with Crippen LogP contribution in [0.2, 0.25) is 0 Å². The summed E-state index contributed by atoms with van der Waals surface area (Å²) in [4.78, 5) is 10.9. The Kier molecular flexibility index (Phi) is 3.82. The van der Waals surface area contributed by atoms with Crippen molar-refractivity contribution >= 4 is 5.95 Å². The summed E-state index contributed by atoms with van der Waals surface area (Å²) in [6, 6.07) is 0. The molecule has 2 rings (SSSR count). The summed E-state index contributed by atoms with van der Waals surface area (Å²) < 4.78 is 5.41. The summed E-state index contributed by atoms with van der Waals surface area (Å²) in [6.45, 7) is 8.48.